The zero-order valence-electron chi connectivity index (χ0n) is 9.00. The molecule has 0 aromatic carbocycles. The monoisotopic (exact) mass is 213 g/mol. The molecule has 86 valence electrons. The van der Waals surface area contributed by atoms with Crippen molar-refractivity contribution in [3.8, 4) is 0 Å². The third kappa shape index (κ3) is 2.30. The average molecular weight is 213 g/mol. The van der Waals surface area contributed by atoms with E-state index in [0.717, 1.165) is 32.6 Å². The third-order valence-corrected chi connectivity index (χ3v) is 3.11. The lowest BCUT2D eigenvalue weighted by atomic mass is 9.98. The molecular weight excluding hydrogens is 194 g/mol. The average Bonchev–Trinajstić information content (AvgIpc) is 2.54. The molecule has 0 bridgehead atoms. The van der Waals surface area contributed by atoms with Gasteiger partial charge < -0.3 is 20.7 Å². The molecule has 2 heterocycles. The van der Waals surface area contributed by atoms with E-state index in [0.29, 0.717) is 19.6 Å². The van der Waals surface area contributed by atoms with Gasteiger partial charge in [0.25, 0.3) is 0 Å². The van der Waals surface area contributed by atoms with Crippen LogP contribution in [-0.4, -0.2) is 55.7 Å². The Balaban J connectivity index is 1.98. The number of hydrogen-bond donors (Lipinski definition) is 2. The molecule has 2 aliphatic rings. The highest BCUT2D eigenvalue weighted by Gasteiger charge is 2.40. The predicted octanol–water partition coefficient (Wildman–Crippen LogP) is -1.07. The van der Waals surface area contributed by atoms with E-state index in [9.17, 15) is 4.79 Å². The quantitative estimate of drug-likeness (QED) is 0.582. The highest BCUT2D eigenvalue weighted by atomic mass is 16.5. The van der Waals surface area contributed by atoms with Crippen LogP contribution >= 0.6 is 0 Å². The summed E-state index contributed by atoms with van der Waals surface area (Å²) in [6.07, 6.45) is 1.65. The summed E-state index contributed by atoms with van der Waals surface area (Å²) in [5.74, 6) is 0.0590. The number of nitrogens with one attached hydrogen (secondary N) is 1. The van der Waals surface area contributed by atoms with Gasteiger partial charge in [0.15, 0.2) is 0 Å². The molecule has 0 saturated carbocycles. The number of nitrogens with two attached hydrogens (primary N) is 1. The van der Waals surface area contributed by atoms with Gasteiger partial charge in [0.2, 0.25) is 5.91 Å². The van der Waals surface area contributed by atoms with Crippen molar-refractivity contribution in [2.75, 3.05) is 39.4 Å². The van der Waals surface area contributed by atoms with Crippen LogP contribution in [0.25, 0.3) is 0 Å². The Bertz CT molecular complexity index is 231. The minimum absolute atomic E-state index is 0.0590. The molecule has 5 heteroatoms. The van der Waals surface area contributed by atoms with E-state index in [4.69, 9.17) is 10.5 Å². The van der Waals surface area contributed by atoms with Crippen molar-refractivity contribution in [1.82, 2.24) is 10.2 Å². The molecule has 0 radical (unpaired) electrons. The molecule has 0 spiro atoms. The van der Waals surface area contributed by atoms with Crippen LogP contribution in [0.4, 0.5) is 0 Å². The first-order valence-electron chi connectivity index (χ1n) is 5.59. The summed E-state index contributed by atoms with van der Waals surface area (Å²) in [6, 6.07) is 0. The highest BCUT2D eigenvalue weighted by Crippen LogP contribution is 2.18. The number of hydrogen-bond acceptors (Lipinski definition) is 4. The van der Waals surface area contributed by atoms with Gasteiger partial charge in [-0.05, 0) is 19.4 Å². The first-order valence-corrected chi connectivity index (χ1v) is 5.59. The van der Waals surface area contributed by atoms with Crippen LogP contribution in [0.5, 0.6) is 0 Å². The number of nitrogens with zero attached hydrogens (tertiary/aromatic N) is 1. The second-order valence-corrected chi connectivity index (χ2v) is 4.35. The minimum atomic E-state index is -0.760. The molecule has 2 aliphatic heterocycles. The third-order valence-electron chi connectivity index (χ3n) is 3.11. The first kappa shape index (κ1) is 10.9. The second kappa shape index (κ2) is 4.47. The van der Waals surface area contributed by atoms with Gasteiger partial charge in [0, 0.05) is 26.2 Å². The maximum Gasteiger partial charge on any atom is 0.245 e. The SMILES string of the molecule is NC1(C(=O)N2CCCNCC2)CCOC1. The van der Waals surface area contributed by atoms with E-state index in [1.807, 2.05) is 4.90 Å². The van der Waals surface area contributed by atoms with Gasteiger partial charge >= 0.3 is 0 Å². The number of carbonyl (C=O) groups is 1. The fourth-order valence-electron chi connectivity index (χ4n) is 2.11. The molecule has 1 unspecified atom stereocenters. The molecule has 2 rings (SSSR count). The summed E-state index contributed by atoms with van der Waals surface area (Å²) in [4.78, 5) is 14.0. The van der Waals surface area contributed by atoms with Gasteiger partial charge in [0.05, 0.1) is 6.61 Å². The van der Waals surface area contributed by atoms with Crippen molar-refractivity contribution in [2.24, 2.45) is 5.73 Å². The van der Waals surface area contributed by atoms with Crippen LogP contribution in [0.2, 0.25) is 0 Å². The van der Waals surface area contributed by atoms with Gasteiger partial charge in [-0.25, -0.2) is 0 Å². The Morgan fingerprint density at radius 1 is 1.40 bits per heavy atom. The Labute approximate surface area is 89.9 Å². The Kier molecular flexibility index (Phi) is 3.23. The van der Waals surface area contributed by atoms with Gasteiger partial charge in [-0.15, -0.1) is 0 Å². The lowest BCUT2D eigenvalue weighted by Gasteiger charge is -2.29. The molecule has 0 aliphatic carbocycles. The lowest BCUT2D eigenvalue weighted by molar-refractivity contribution is -0.136. The van der Waals surface area contributed by atoms with Gasteiger partial charge in [-0.3, -0.25) is 4.79 Å². The Morgan fingerprint density at radius 3 is 3.00 bits per heavy atom. The maximum atomic E-state index is 12.2. The summed E-state index contributed by atoms with van der Waals surface area (Å²) in [7, 11) is 0. The van der Waals surface area contributed by atoms with Crippen LogP contribution in [-0.2, 0) is 9.53 Å². The Hall–Kier alpha value is -0.650. The number of carbonyl (C=O) groups excluding carboxylic acids is 1. The van der Waals surface area contributed by atoms with Crippen LogP contribution < -0.4 is 11.1 Å². The molecular formula is C10H19N3O2. The van der Waals surface area contributed by atoms with E-state index in [1.54, 1.807) is 0 Å². The van der Waals surface area contributed by atoms with Gasteiger partial charge in [0.1, 0.15) is 5.54 Å². The summed E-state index contributed by atoms with van der Waals surface area (Å²) < 4.78 is 5.22. The van der Waals surface area contributed by atoms with Crippen molar-refractivity contribution in [1.29, 1.82) is 0 Å². The largest absolute Gasteiger partial charge is 0.379 e. The van der Waals surface area contributed by atoms with E-state index >= 15 is 0 Å². The zero-order chi connectivity index (χ0) is 10.7. The highest BCUT2D eigenvalue weighted by molar-refractivity contribution is 5.86. The normalized spacial score (nSPS) is 32.7. The molecule has 5 nitrogen and oxygen atoms in total. The van der Waals surface area contributed by atoms with Gasteiger partial charge in [-0.1, -0.05) is 0 Å². The topological polar surface area (TPSA) is 67.6 Å². The standard InChI is InChI=1S/C10H19N3O2/c11-10(2-7-15-8-10)9(14)13-5-1-3-12-4-6-13/h12H,1-8,11H2. The van der Waals surface area contributed by atoms with E-state index in [1.165, 1.54) is 0 Å². The van der Waals surface area contributed by atoms with E-state index in [-0.39, 0.29) is 5.91 Å². The minimum Gasteiger partial charge on any atom is -0.379 e. The fourth-order valence-corrected chi connectivity index (χ4v) is 2.11. The van der Waals surface area contributed by atoms with Crippen molar-refractivity contribution in [3.05, 3.63) is 0 Å². The number of rotatable bonds is 1. The molecule has 3 N–H and O–H groups in total. The molecule has 1 atom stereocenters. The van der Waals surface area contributed by atoms with Crippen LogP contribution in [0, 0.1) is 0 Å². The summed E-state index contributed by atoms with van der Waals surface area (Å²) in [5.41, 5.74) is 5.29. The van der Waals surface area contributed by atoms with Crippen molar-refractivity contribution < 1.29 is 9.53 Å². The van der Waals surface area contributed by atoms with Crippen LogP contribution in [0.1, 0.15) is 12.8 Å². The molecule has 2 fully saturated rings. The summed E-state index contributed by atoms with van der Waals surface area (Å²) in [6.45, 7) is 4.40. The smallest absolute Gasteiger partial charge is 0.245 e. The molecule has 0 aromatic rings. The van der Waals surface area contributed by atoms with Crippen molar-refractivity contribution in [3.63, 3.8) is 0 Å². The lowest BCUT2D eigenvalue weighted by Crippen LogP contribution is -2.56. The fraction of sp³-hybridized carbons (Fsp3) is 0.900. The molecule has 1 amide bonds. The molecule has 15 heavy (non-hydrogen) atoms. The number of amides is 1. The van der Waals surface area contributed by atoms with E-state index in [2.05, 4.69) is 5.32 Å². The van der Waals surface area contributed by atoms with E-state index < -0.39 is 5.54 Å². The van der Waals surface area contributed by atoms with Crippen molar-refractivity contribution in [2.45, 2.75) is 18.4 Å². The molecule has 2 saturated heterocycles. The summed E-state index contributed by atoms with van der Waals surface area (Å²) in [5, 5.41) is 3.27. The Morgan fingerprint density at radius 2 is 2.27 bits per heavy atom. The predicted molar refractivity (Wildman–Crippen MR) is 56.4 cm³/mol. The molecule has 0 aromatic heterocycles. The second-order valence-electron chi connectivity index (χ2n) is 4.35. The first-order chi connectivity index (χ1) is 7.22. The van der Waals surface area contributed by atoms with Crippen molar-refractivity contribution >= 4 is 5.91 Å². The van der Waals surface area contributed by atoms with Crippen LogP contribution in [0.15, 0.2) is 0 Å². The maximum absolute atomic E-state index is 12.2. The van der Waals surface area contributed by atoms with Crippen LogP contribution in [0.3, 0.4) is 0 Å². The number of ether oxygens (including phenoxy) is 1. The summed E-state index contributed by atoms with van der Waals surface area (Å²) >= 11 is 0. The zero-order valence-corrected chi connectivity index (χ0v) is 9.00. The van der Waals surface area contributed by atoms with Gasteiger partial charge in [-0.2, -0.15) is 0 Å².